The Hall–Kier alpha value is -1.19. The van der Waals surface area contributed by atoms with Crippen LogP contribution >= 0.6 is 0 Å². The van der Waals surface area contributed by atoms with Crippen LogP contribution in [-0.4, -0.2) is 18.9 Å². The van der Waals surface area contributed by atoms with Gasteiger partial charge in [-0.2, -0.15) is 0 Å². The second kappa shape index (κ2) is 6.52. The maximum atomic E-state index is 10.3. The Labute approximate surface area is 103 Å². The summed E-state index contributed by atoms with van der Waals surface area (Å²) in [5.74, 6) is 0. The molecule has 94 valence electrons. The van der Waals surface area contributed by atoms with Gasteiger partial charge in [-0.1, -0.05) is 29.3 Å². The summed E-state index contributed by atoms with van der Waals surface area (Å²) < 4.78 is 5.67. The van der Waals surface area contributed by atoms with Crippen molar-refractivity contribution in [1.82, 2.24) is 0 Å². The number of aldehydes is 1. The fourth-order valence-electron chi connectivity index (χ4n) is 1.80. The number of carbonyl (C=O) groups excluding carboxylic acids is 1. The lowest BCUT2D eigenvalue weighted by Crippen LogP contribution is -2.27. The van der Waals surface area contributed by atoms with Crippen molar-refractivity contribution >= 4 is 6.29 Å². The van der Waals surface area contributed by atoms with Crippen LogP contribution in [0.15, 0.2) is 18.2 Å². The number of aryl methyl sites for hydroxylation is 2. The van der Waals surface area contributed by atoms with Gasteiger partial charge in [0.1, 0.15) is 6.29 Å². The molecule has 0 saturated heterocycles. The molecule has 0 saturated carbocycles. The van der Waals surface area contributed by atoms with E-state index in [1.807, 2.05) is 6.92 Å². The van der Waals surface area contributed by atoms with Crippen molar-refractivity contribution in [2.75, 3.05) is 6.61 Å². The maximum absolute atomic E-state index is 10.3. The minimum Gasteiger partial charge on any atom is -0.372 e. The summed E-state index contributed by atoms with van der Waals surface area (Å²) >= 11 is 0. The lowest BCUT2D eigenvalue weighted by molar-refractivity contribution is -0.108. The van der Waals surface area contributed by atoms with E-state index >= 15 is 0 Å². The van der Waals surface area contributed by atoms with Crippen molar-refractivity contribution in [3.05, 3.63) is 34.9 Å². The largest absolute Gasteiger partial charge is 0.372 e. The molecule has 0 fully saturated rings. The molecule has 0 aromatic heterocycles. The molecular formula is C14H21NO2. The topological polar surface area (TPSA) is 52.3 Å². The first kappa shape index (κ1) is 13.9. The summed E-state index contributed by atoms with van der Waals surface area (Å²) in [6.07, 6.45) is 1.18. The Kier molecular flexibility index (Phi) is 5.32. The molecule has 1 aromatic rings. The average molecular weight is 235 g/mol. The number of ether oxygens (including phenoxy) is 1. The van der Waals surface area contributed by atoms with Gasteiger partial charge in [-0.15, -0.1) is 0 Å². The van der Waals surface area contributed by atoms with Gasteiger partial charge in [-0.05, 0) is 26.3 Å². The van der Waals surface area contributed by atoms with Crippen LogP contribution in [0.3, 0.4) is 0 Å². The van der Waals surface area contributed by atoms with Crippen LogP contribution < -0.4 is 5.73 Å². The molecule has 2 atom stereocenters. The zero-order chi connectivity index (χ0) is 12.8. The molecular weight excluding hydrogens is 214 g/mol. The monoisotopic (exact) mass is 235 g/mol. The Bertz CT molecular complexity index is 356. The van der Waals surface area contributed by atoms with Gasteiger partial charge in [0, 0.05) is 12.5 Å². The summed E-state index contributed by atoms with van der Waals surface area (Å²) in [6.45, 7) is 6.55. The molecule has 1 rings (SSSR count). The molecule has 3 nitrogen and oxygen atoms in total. The summed E-state index contributed by atoms with van der Waals surface area (Å²) in [5, 5.41) is 0. The normalized spacial score (nSPS) is 14.4. The van der Waals surface area contributed by atoms with Crippen LogP contribution in [0.5, 0.6) is 0 Å². The fourth-order valence-corrected chi connectivity index (χ4v) is 1.80. The predicted molar refractivity (Wildman–Crippen MR) is 68.9 cm³/mol. The van der Waals surface area contributed by atoms with Crippen LogP contribution in [0.1, 0.15) is 36.1 Å². The molecule has 1 aromatic carbocycles. The van der Waals surface area contributed by atoms with Crippen LogP contribution in [0, 0.1) is 13.8 Å². The van der Waals surface area contributed by atoms with Gasteiger partial charge in [0.05, 0.1) is 12.7 Å². The van der Waals surface area contributed by atoms with Crippen molar-refractivity contribution in [2.24, 2.45) is 5.73 Å². The molecule has 3 heteroatoms. The summed E-state index contributed by atoms with van der Waals surface area (Å²) in [5.41, 5.74) is 9.33. The minimum absolute atomic E-state index is 0.00584. The highest BCUT2D eigenvalue weighted by Crippen LogP contribution is 2.19. The molecule has 0 aliphatic rings. The van der Waals surface area contributed by atoms with Gasteiger partial charge in [0.2, 0.25) is 0 Å². The van der Waals surface area contributed by atoms with E-state index < -0.39 is 0 Å². The van der Waals surface area contributed by atoms with Gasteiger partial charge >= 0.3 is 0 Å². The van der Waals surface area contributed by atoms with Crippen molar-refractivity contribution in [1.29, 1.82) is 0 Å². The number of rotatable bonds is 6. The molecule has 0 spiro atoms. The van der Waals surface area contributed by atoms with Crippen molar-refractivity contribution in [3.63, 3.8) is 0 Å². The van der Waals surface area contributed by atoms with Crippen LogP contribution in [0.25, 0.3) is 0 Å². The van der Waals surface area contributed by atoms with E-state index in [0.29, 0.717) is 13.0 Å². The molecule has 0 amide bonds. The predicted octanol–water partition coefficient (Wildman–Crippen LogP) is 2.30. The van der Waals surface area contributed by atoms with E-state index in [1.54, 1.807) is 0 Å². The number of benzene rings is 1. The Morgan fingerprint density at radius 3 is 2.41 bits per heavy atom. The molecule has 17 heavy (non-hydrogen) atoms. The second-order valence-corrected chi connectivity index (χ2v) is 4.56. The third-order valence-electron chi connectivity index (χ3n) is 2.67. The zero-order valence-electron chi connectivity index (χ0n) is 10.8. The van der Waals surface area contributed by atoms with Gasteiger partial charge in [-0.3, -0.25) is 0 Å². The van der Waals surface area contributed by atoms with Crippen LogP contribution in [0.2, 0.25) is 0 Å². The molecule has 0 bridgehead atoms. The number of hydrogen-bond acceptors (Lipinski definition) is 3. The minimum atomic E-state index is -0.208. The van der Waals surface area contributed by atoms with Crippen molar-refractivity contribution in [3.8, 4) is 0 Å². The van der Waals surface area contributed by atoms with E-state index in [0.717, 1.165) is 11.8 Å². The van der Waals surface area contributed by atoms with Gasteiger partial charge in [0.15, 0.2) is 0 Å². The zero-order valence-corrected chi connectivity index (χ0v) is 10.8. The Morgan fingerprint density at radius 2 is 1.88 bits per heavy atom. The molecule has 0 aliphatic heterocycles. The highest BCUT2D eigenvalue weighted by molar-refractivity contribution is 5.50. The van der Waals surface area contributed by atoms with E-state index in [1.165, 1.54) is 11.1 Å². The molecule has 1 unspecified atom stereocenters. The van der Waals surface area contributed by atoms with Gasteiger partial charge in [-0.25, -0.2) is 0 Å². The number of nitrogens with two attached hydrogens (primary N) is 1. The first-order valence-electron chi connectivity index (χ1n) is 5.92. The SMILES string of the molecule is Cc1cc(C)cc([C@@H](C)OCC(N)CC=O)c1. The van der Waals surface area contributed by atoms with E-state index in [2.05, 4.69) is 32.0 Å². The molecule has 2 N–H and O–H groups in total. The smallest absolute Gasteiger partial charge is 0.121 e. The number of hydrogen-bond donors (Lipinski definition) is 1. The van der Waals surface area contributed by atoms with Crippen LogP contribution in [-0.2, 0) is 9.53 Å². The highest BCUT2D eigenvalue weighted by Gasteiger charge is 2.09. The van der Waals surface area contributed by atoms with E-state index in [9.17, 15) is 4.79 Å². The summed E-state index contributed by atoms with van der Waals surface area (Å²) in [4.78, 5) is 10.3. The van der Waals surface area contributed by atoms with Crippen molar-refractivity contribution in [2.45, 2.75) is 39.3 Å². The number of carbonyl (C=O) groups is 1. The summed E-state index contributed by atoms with van der Waals surface area (Å²) in [7, 11) is 0. The first-order valence-corrected chi connectivity index (χ1v) is 5.92. The maximum Gasteiger partial charge on any atom is 0.121 e. The Morgan fingerprint density at radius 1 is 1.29 bits per heavy atom. The second-order valence-electron chi connectivity index (χ2n) is 4.56. The molecule has 0 aliphatic carbocycles. The Balaban J connectivity index is 2.57. The quantitative estimate of drug-likeness (QED) is 0.770. The van der Waals surface area contributed by atoms with E-state index in [4.69, 9.17) is 10.5 Å². The van der Waals surface area contributed by atoms with E-state index in [-0.39, 0.29) is 12.1 Å². The van der Waals surface area contributed by atoms with Crippen LogP contribution in [0.4, 0.5) is 0 Å². The highest BCUT2D eigenvalue weighted by atomic mass is 16.5. The lowest BCUT2D eigenvalue weighted by Gasteiger charge is -2.17. The third-order valence-corrected chi connectivity index (χ3v) is 2.67. The summed E-state index contributed by atoms with van der Waals surface area (Å²) in [6, 6.07) is 6.15. The molecule has 0 radical (unpaired) electrons. The third kappa shape index (κ3) is 4.67. The van der Waals surface area contributed by atoms with Gasteiger partial charge in [0.25, 0.3) is 0 Å². The average Bonchev–Trinajstić information content (AvgIpc) is 2.25. The van der Waals surface area contributed by atoms with Crippen molar-refractivity contribution < 1.29 is 9.53 Å². The standard InChI is InChI=1S/C14H21NO2/c1-10-6-11(2)8-13(7-10)12(3)17-9-14(15)4-5-16/h5-8,12,14H,4,9,15H2,1-3H3/t12-,14?/m1/s1. The van der Waals surface area contributed by atoms with Gasteiger partial charge < -0.3 is 15.3 Å². The fraction of sp³-hybridized carbons (Fsp3) is 0.500. The lowest BCUT2D eigenvalue weighted by atomic mass is 10.0. The molecule has 0 heterocycles. The first-order chi connectivity index (χ1) is 8.02.